The molecule has 39 heavy (non-hydrogen) atoms. The van der Waals surface area contributed by atoms with E-state index in [-0.39, 0.29) is 47.4 Å². The normalized spacial score (nSPS) is 15.4. The van der Waals surface area contributed by atoms with Crippen LogP contribution >= 0.6 is 12.4 Å². The van der Waals surface area contributed by atoms with Crippen LogP contribution in [0.1, 0.15) is 29.3 Å². The first-order chi connectivity index (χ1) is 18.2. The Labute approximate surface area is 228 Å². The molecule has 1 aliphatic rings. The number of aromatic amines is 1. The smallest absolute Gasteiger partial charge is 0.275 e. The molecule has 0 radical (unpaired) electrons. The Balaban J connectivity index is 0.00000420. The molecule has 2 heterocycles. The van der Waals surface area contributed by atoms with Gasteiger partial charge in [-0.25, -0.2) is 13.8 Å². The molecule has 0 spiro atoms. The number of anilines is 3. The van der Waals surface area contributed by atoms with Gasteiger partial charge in [0.25, 0.3) is 23.6 Å². The molecule has 2 aromatic carbocycles. The van der Waals surface area contributed by atoms with E-state index in [4.69, 9.17) is 0 Å². The summed E-state index contributed by atoms with van der Waals surface area (Å²) < 4.78 is 30.6. The zero-order valence-electron chi connectivity index (χ0n) is 20.9. The van der Waals surface area contributed by atoms with Gasteiger partial charge in [0, 0.05) is 53.8 Å². The Kier molecular flexibility index (Phi) is 9.15. The summed E-state index contributed by atoms with van der Waals surface area (Å²) in [5, 5.41) is 8.59. The molecule has 3 amide bonds. The van der Waals surface area contributed by atoms with Crippen molar-refractivity contribution in [2.24, 2.45) is 5.16 Å². The molecule has 3 N–H and O–H groups in total. The summed E-state index contributed by atoms with van der Waals surface area (Å²) in [7, 11) is 1.32. The van der Waals surface area contributed by atoms with Crippen molar-refractivity contribution in [3.05, 3.63) is 78.1 Å². The van der Waals surface area contributed by atoms with Crippen LogP contribution in [0.15, 0.2) is 72.2 Å². The number of allylic oxidation sites excluding steroid dienone is 1. The first-order valence-corrected chi connectivity index (χ1v) is 11.5. The highest BCUT2D eigenvalue weighted by atomic mass is 35.5. The number of halogens is 3. The van der Waals surface area contributed by atoms with Gasteiger partial charge in [-0.1, -0.05) is 23.4 Å². The fourth-order valence-corrected chi connectivity index (χ4v) is 3.90. The molecule has 1 aliphatic heterocycles. The summed E-state index contributed by atoms with van der Waals surface area (Å²) in [6, 6.07) is 12.2. The molecule has 0 unspecified atom stereocenters. The van der Waals surface area contributed by atoms with Gasteiger partial charge in [-0.15, -0.1) is 12.4 Å². The lowest BCUT2D eigenvalue weighted by atomic mass is 9.97. The molecule has 13 heteroatoms. The number of nitrogens with one attached hydrogen (secondary N) is 3. The number of benzene rings is 2. The molecule has 1 aromatic heterocycles. The molecule has 3 aromatic rings. The highest BCUT2D eigenvalue weighted by Crippen LogP contribution is 2.43. The Bertz CT molecular complexity index is 1410. The van der Waals surface area contributed by atoms with Crippen molar-refractivity contribution >= 4 is 58.7 Å². The molecule has 10 nitrogen and oxygen atoms in total. The lowest BCUT2D eigenvalue weighted by molar-refractivity contribution is -0.112. The maximum atomic E-state index is 15.3. The Hall–Kier alpha value is -4.58. The van der Waals surface area contributed by atoms with Gasteiger partial charge in [-0.05, 0) is 37.3 Å². The SMILES string of the molecule is CO/N=C(/C)C(=O)Nc1ccc(C(=O)N2CCC(F)(F)C(=CC(=O)Nc3ncc[nH]3)c3ccccc32)cc1.Cl. The number of amides is 3. The van der Waals surface area contributed by atoms with Crippen LogP contribution in [0.3, 0.4) is 0 Å². The zero-order valence-corrected chi connectivity index (χ0v) is 21.7. The van der Waals surface area contributed by atoms with Crippen LogP contribution < -0.4 is 15.5 Å². The van der Waals surface area contributed by atoms with Crippen molar-refractivity contribution in [1.82, 2.24) is 9.97 Å². The number of rotatable bonds is 6. The second kappa shape index (κ2) is 12.3. The van der Waals surface area contributed by atoms with Gasteiger partial charge in [-0.2, -0.15) is 0 Å². The largest absolute Gasteiger partial charge is 0.399 e. The van der Waals surface area contributed by atoms with Crippen LogP contribution in [0, 0.1) is 0 Å². The average molecular weight is 559 g/mol. The van der Waals surface area contributed by atoms with E-state index in [1.807, 2.05) is 0 Å². The second-order valence-corrected chi connectivity index (χ2v) is 8.30. The van der Waals surface area contributed by atoms with Gasteiger partial charge in [0.2, 0.25) is 5.95 Å². The van der Waals surface area contributed by atoms with E-state index < -0.39 is 35.6 Å². The fraction of sp³-hybridized carbons (Fsp3) is 0.192. The van der Waals surface area contributed by atoms with Crippen LogP contribution in [0.5, 0.6) is 0 Å². The number of hydrogen-bond acceptors (Lipinski definition) is 6. The first-order valence-electron chi connectivity index (χ1n) is 11.5. The molecule has 204 valence electrons. The monoisotopic (exact) mass is 558 g/mol. The second-order valence-electron chi connectivity index (χ2n) is 8.30. The van der Waals surface area contributed by atoms with Gasteiger partial charge >= 0.3 is 0 Å². The first kappa shape index (κ1) is 29.0. The van der Waals surface area contributed by atoms with Crippen LogP contribution in [-0.4, -0.2) is 53.0 Å². The quantitative estimate of drug-likeness (QED) is 0.233. The van der Waals surface area contributed by atoms with E-state index in [1.54, 1.807) is 18.2 Å². The zero-order chi connectivity index (χ0) is 27.3. The van der Waals surface area contributed by atoms with Crippen molar-refractivity contribution < 1.29 is 28.0 Å². The van der Waals surface area contributed by atoms with Crippen molar-refractivity contribution in [2.45, 2.75) is 19.3 Å². The minimum atomic E-state index is -3.39. The fourth-order valence-electron chi connectivity index (χ4n) is 3.90. The van der Waals surface area contributed by atoms with E-state index >= 15 is 8.78 Å². The van der Waals surface area contributed by atoms with Crippen molar-refractivity contribution in [1.29, 1.82) is 0 Å². The predicted molar refractivity (Wildman–Crippen MR) is 145 cm³/mol. The number of carbonyl (C=O) groups excluding carboxylic acids is 3. The number of alkyl halides is 2. The number of H-pyrrole nitrogens is 1. The summed E-state index contributed by atoms with van der Waals surface area (Å²) in [5.74, 6) is -5.04. The number of para-hydroxylation sites is 1. The highest BCUT2D eigenvalue weighted by molar-refractivity contribution is 6.42. The van der Waals surface area contributed by atoms with E-state index in [9.17, 15) is 14.4 Å². The number of aromatic nitrogens is 2. The van der Waals surface area contributed by atoms with Crippen molar-refractivity contribution in [3.8, 4) is 0 Å². The molecular weight excluding hydrogens is 534 g/mol. The van der Waals surface area contributed by atoms with Crippen molar-refractivity contribution in [3.63, 3.8) is 0 Å². The molecule has 4 rings (SSSR count). The Morgan fingerprint density at radius 1 is 1.13 bits per heavy atom. The third-order valence-electron chi connectivity index (χ3n) is 5.74. The Morgan fingerprint density at radius 2 is 1.85 bits per heavy atom. The van der Waals surface area contributed by atoms with Crippen LogP contribution in [-0.2, 0) is 14.4 Å². The minimum absolute atomic E-state index is 0. The van der Waals surface area contributed by atoms with Gasteiger partial charge in [0.05, 0.1) is 5.69 Å². The number of fused-ring (bicyclic) bond motifs is 1. The summed E-state index contributed by atoms with van der Waals surface area (Å²) >= 11 is 0. The molecule has 0 atom stereocenters. The standard InChI is InChI=1S/C26H24F2N6O4.ClH/c1-16(33-38-2)23(36)31-18-9-7-17(8-10-18)24(37)34-14-11-26(27,28)20(19-5-3-4-6-21(19)34)15-22(35)32-25-29-12-13-30-25;/h3-10,12-13,15H,11,14H2,1-2H3,(H,31,36)(H2,29,30,32,35);1H/b20-15?,33-16-;. The number of nitrogens with zero attached hydrogens (tertiary/aromatic N) is 3. The summed E-state index contributed by atoms with van der Waals surface area (Å²) in [4.78, 5) is 50.4. The number of oxime groups is 1. The maximum absolute atomic E-state index is 15.3. The molecule has 0 saturated carbocycles. The molecule has 0 fully saturated rings. The van der Waals surface area contributed by atoms with Crippen LogP contribution in [0.25, 0.3) is 5.57 Å². The van der Waals surface area contributed by atoms with E-state index in [2.05, 4.69) is 30.6 Å². The third-order valence-corrected chi connectivity index (χ3v) is 5.74. The predicted octanol–water partition coefficient (Wildman–Crippen LogP) is 4.50. The van der Waals surface area contributed by atoms with E-state index in [0.717, 1.165) is 6.08 Å². The lowest BCUT2D eigenvalue weighted by Crippen LogP contribution is -2.33. The number of imidazole rings is 1. The lowest BCUT2D eigenvalue weighted by Gasteiger charge is -2.23. The average Bonchev–Trinajstić information content (AvgIpc) is 3.37. The highest BCUT2D eigenvalue weighted by Gasteiger charge is 2.41. The van der Waals surface area contributed by atoms with Gasteiger partial charge < -0.3 is 20.0 Å². The minimum Gasteiger partial charge on any atom is -0.399 e. The summed E-state index contributed by atoms with van der Waals surface area (Å²) in [6.07, 6.45) is 3.04. The van der Waals surface area contributed by atoms with E-state index in [0.29, 0.717) is 5.69 Å². The van der Waals surface area contributed by atoms with Crippen LogP contribution in [0.4, 0.5) is 26.1 Å². The topological polar surface area (TPSA) is 129 Å². The summed E-state index contributed by atoms with van der Waals surface area (Å²) in [6.45, 7) is 1.19. The molecule has 0 bridgehead atoms. The van der Waals surface area contributed by atoms with Crippen LogP contribution in [0.2, 0.25) is 0 Å². The number of carbonyl (C=O) groups is 3. The van der Waals surface area contributed by atoms with Gasteiger partial charge in [0.1, 0.15) is 12.8 Å². The van der Waals surface area contributed by atoms with Crippen molar-refractivity contribution in [2.75, 3.05) is 29.2 Å². The van der Waals surface area contributed by atoms with Gasteiger partial charge in [-0.3, -0.25) is 19.7 Å². The molecule has 0 saturated heterocycles. The molecule has 0 aliphatic carbocycles. The third kappa shape index (κ3) is 6.65. The summed E-state index contributed by atoms with van der Waals surface area (Å²) in [5.41, 5.74) is 0.555. The van der Waals surface area contributed by atoms with Gasteiger partial charge in [0.15, 0.2) is 0 Å². The van der Waals surface area contributed by atoms with E-state index in [1.165, 1.54) is 61.7 Å². The number of hydrogen-bond donors (Lipinski definition) is 3. The molecular formula is C26H25ClF2N6O4. The maximum Gasteiger partial charge on any atom is 0.275 e. The Morgan fingerprint density at radius 3 is 2.51 bits per heavy atom.